The van der Waals surface area contributed by atoms with Crippen LogP contribution in [0.3, 0.4) is 0 Å². The second-order valence-corrected chi connectivity index (χ2v) is 7.90. The molecule has 0 spiro atoms. The molecule has 3 nitrogen and oxygen atoms in total. The van der Waals surface area contributed by atoms with Gasteiger partial charge in [0.05, 0.1) is 16.8 Å². The van der Waals surface area contributed by atoms with Crippen molar-refractivity contribution >= 4 is 21.6 Å². The first-order valence-electron chi connectivity index (χ1n) is 6.71. The van der Waals surface area contributed by atoms with Crippen LogP contribution < -0.4 is 0 Å². The molecule has 0 fully saturated rings. The summed E-state index contributed by atoms with van der Waals surface area (Å²) in [4.78, 5) is 1.38. The van der Waals surface area contributed by atoms with Gasteiger partial charge in [0.2, 0.25) is 0 Å². The van der Waals surface area contributed by atoms with Crippen molar-refractivity contribution in [1.29, 1.82) is 0 Å². The van der Waals surface area contributed by atoms with E-state index in [0.29, 0.717) is 10.6 Å². The minimum Gasteiger partial charge on any atom is -0.392 e. The normalized spacial score (nSPS) is 13.0. The Balaban J connectivity index is 1.82. The first-order valence-corrected chi connectivity index (χ1v) is 9.35. The van der Waals surface area contributed by atoms with E-state index < -0.39 is 15.9 Å². The van der Waals surface area contributed by atoms with Crippen LogP contribution in [0.1, 0.15) is 6.42 Å². The molecule has 1 unspecified atom stereocenters. The number of rotatable bonds is 7. The molecule has 1 atom stereocenters. The molecule has 0 saturated heterocycles. The van der Waals surface area contributed by atoms with Crippen LogP contribution in [-0.2, 0) is 9.84 Å². The predicted octanol–water partition coefficient (Wildman–Crippen LogP) is 3.00. The Morgan fingerprint density at radius 1 is 0.952 bits per heavy atom. The maximum atomic E-state index is 12.1. The molecule has 0 bridgehead atoms. The molecule has 0 aliphatic rings. The van der Waals surface area contributed by atoms with Crippen LogP contribution in [0.15, 0.2) is 70.5 Å². The summed E-state index contributed by atoms with van der Waals surface area (Å²) in [5.41, 5.74) is 0. The summed E-state index contributed by atoms with van der Waals surface area (Å²) in [6, 6.07) is 18.1. The lowest BCUT2D eigenvalue weighted by molar-refractivity contribution is 0.196. The minimum absolute atomic E-state index is 0.0342. The van der Waals surface area contributed by atoms with E-state index in [1.54, 1.807) is 30.3 Å². The first kappa shape index (κ1) is 16.1. The Kier molecular flexibility index (Phi) is 5.85. The number of thioether (sulfide) groups is 1. The van der Waals surface area contributed by atoms with Crippen molar-refractivity contribution < 1.29 is 13.5 Å². The second-order valence-electron chi connectivity index (χ2n) is 4.70. The Bertz CT molecular complexity index is 640. The highest BCUT2D eigenvalue weighted by atomic mass is 32.2. The van der Waals surface area contributed by atoms with Crippen LogP contribution in [-0.4, -0.2) is 31.1 Å². The van der Waals surface area contributed by atoms with Crippen molar-refractivity contribution in [2.24, 2.45) is 0 Å². The third kappa shape index (κ3) is 5.19. The standard InChI is InChI=1S/C16H18O3S2/c17-14(13-20-15-7-3-1-4-8-15)11-12-21(18,19)16-9-5-2-6-10-16/h1-10,14,17H,11-13H2. The highest BCUT2D eigenvalue weighted by molar-refractivity contribution is 7.99. The van der Waals surface area contributed by atoms with E-state index in [1.807, 2.05) is 30.3 Å². The van der Waals surface area contributed by atoms with Crippen molar-refractivity contribution in [3.8, 4) is 0 Å². The third-order valence-corrected chi connectivity index (χ3v) is 5.93. The van der Waals surface area contributed by atoms with E-state index in [9.17, 15) is 13.5 Å². The van der Waals surface area contributed by atoms with E-state index in [0.717, 1.165) is 4.90 Å². The van der Waals surface area contributed by atoms with Crippen LogP contribution in [0.2, 0.25) is 0 Å². The second kappa shape index (κ2) is 7.64. The number of hydrogen-bond donors (Lipinski definition) is 1. The van der Waals surface area contributed by atoms with Crippen molar-refractivity contribution in [3.63, 3.8) is 0 Å². The zero-order valence-electron chi connectivity index (χ0n) is 11.6. The number of aliphatic hydroxyl groups is 1. The molecule has 2 rings (SSSR count). The lowest BCUT2D eigenvalue weighted by atomic mass is 10.3. The van der Waals surface area contributed by atoms with Gasteiger partial charge < -0.3 is 5.11 Å². The number of hydrogen-bond acceptors (Lipinski definition) is 4. The minimum atomic E-state index is -3.31. The van der Waals surface area contributed by atoms with Crippen LogP contribution in [0.25, 0.3) is 0 Å². The molecule has 112 valence electrons. The van der Waals surface area contributed by atoms with E-state index >= 15 is 0 Å². The van der Waals surface area contributed by atoms with Gasteiger partial charge in [-0.3, -0.25) is 0 Å². The molecule has 0 aliphatic heterocycles. The molecule has 0 aliphatic carbocycles. The van der Waals surface area contributed by atoms with Gasteiger partial charge in [-0.1, -0.05) is 36.4 Å². The quantitative estimate of drug-likeness (QED) is 0.796. The molecule has 21 heavy (non-hydrogen) atoms. The maximum absolute atomic E-state index is 12.1. The molecule has 5 heteroatoms. The maximum Gasteiger partial charge on any atom is 0.178 e. The van der Waals surface area contributed by atoms with Gasteiger partial charge in [-0.15, -0.1) is 11.8 Å². The van der Waals surface area contributed by atoms with Crippen LogP contribution in [0.5, 0.6) is 0 Å². The molecule has 0 radical (unpaired) electrons. The van der Waals surface area contributed by atoms with Gasteiger partial charge in [0.1, 0.15) is 0 Å². The van der Waals surface area contributed by atoms with Gasteiger partial charge in [-0.2, -0.15) is 0 Å². The molecule has 2 aromatic rings. The summed E-state index contributed by atoms with van der Waals surface area (Å²) in [6.45, 7) is 0. The topological polar surface area (TPSA) is 54.4 Å². The van der Waals surface area contributed by atoms with Crippen molar-refractivity contribution in [3.05, 3.63) is 60.7 Å². The first-order chi connectivity index (χ1) is 10.1. The molecule has 1 N–H and O–H groups in total. The number of sulfone groups is 1. The monoisotopic (exact) mass is 322 g/mol. The average molecular weight is 322 g/mol. The van der Waals surface area contributed by atoms with Crippen molar-refractivity contribution in [2.75, 3.05) is 11.5 Å². The van der Waals surface area contributed by atoms with E-state index in [4.69, 9.17) is 0 Å². The lowest BCUT2D eigenvalue weighted by Gasteiger charge is -2.10. The summed E-state index contributed by atoms with van der Waals surface area (Å²) in [5.74, 6) is 0.460. The SMILES string of the molecule is O=S(=O)(CCC(O)CSc1ccccc1)c1ccccc1. The highest BCUT2D eigenvalue weighted by Gasteiger charge is 2.16. The van der Waals surface area contributed by atoms with Gasteiger partial charge in [-0.05, 0) is 30.7 Å². The van der Waals surface area contributed by atoms with Crippen LogP contribution >= 0.6 is 11.8 Å². The fraction of sp³-hybridized carbons (Fsp3) is 0.250. The Hall–Kier alpha value is -1.30. The van der Waals surface area contributed by atoms with Gasteiger partial charge in [0.25, 0.3) is 0 Å². The van der Waals surface area contributed by atoms with Gasteiger partial charge in [0.15, 0.2) is 9.84 Å². The Morgan fingerprint density at radius 2 is 1.52 bits per heavy atom. The summed E-state index contributed by atoms with van der Waals surface area (Å²) < 4.78 is 24.2. The third-order valence-electron chi connectivity index (χ3n) is 3.01. The number of benzene rings is 2. The van der Waals surface area contributed by atoms with E-state index in [-0.39, 0.29) is 12.2 Å². The Labute approximate surface area is 129 Å². The van der Waals surface area contributed by atoms with Crippen LogP contribution in [0.4, 0.5) is 0 Å². The molecule has 0 saturated carbocycles. The highest BCUT2D eigenvalue weighted by Crippen LogP contribution is 2.19. The van der Waals surface area contributed by atoms with E-state index in [1.165, 1.54) is 11.8 Å². The van der Waals surface area contributed by atoms with E-state index in [2.05, 4.69) is 0 Å². The summed E-state index contributed by atoms with van der Waals surface area (Å²) in [7, 11) is -3.31. The Morgan fingerprint density at radius 3 is 2.14 bits per heavy atom. The summed E-state index contributed by atoms with van der Waals surface area (Å²) >= 11 is 1.53. The molecular weight excluding hydrogens is 304 g/mol. The summed E-state index contributed by atoms with van der Waals surface area (Å²) in [6.07, 6.45) is -0.384. The van der Waals surface area contributed by atoms with Crippen molar-refractivity contribution in [2.45, 2.75) is 22.3 Å². The predicted molar refractivity (Wildman–Crippen MR) is 86.3 cm³/mol. The van der Waals surface area contributed by atoms with Gasteiger partial charge >= 0.3 is 0 Å². The smallest absolute Gasteiger partial charge is 0.178 e. The molecule has 0 aromatic heterocycles. The zero-order chi connectivity index (χ0) is 15.1. The van der Waals surface area contributed by atoms with Gasteiger partial charge in [-0.25, -0.2) is 8.42 Å². The fourth-order valence-electron chi connectivity index (χ4n) is 1.83. The fourth-order valence-corrected chi connectivity index (χ4v) is 4.12. The number of aliphatic hydroxyl groups excluding tert-OH is 1. The largest absolute Gasteiger partial charge is 0.392 e. The van der Waals surface area contributed by atoms with Crippen LogP contribution in [0, 0.1) is 0 Å². The lowest BCUT2D eigenvalue weighted by Crippen LogP contribution is -2.17. The zero-order valence-corrected chi connectivity index (χ0v) is 13.2. The molecule has 0 amide bonds. The molecule has 0 heterocycles. The summed E-state index contributed by atoms with van der Waals surface area (Å²) in [5, 5.41) is 9.94. The van der Waals surface area contributed by atoms with Crippen molar-refractivity contribution in [1.82, 2.24) is 0 Å². The molecule has 2 aromatic carbocycles. The molecular formula is C16H18O3S2. The van der Waals surface area contributed by atoms with Gasteiger partial charge in [0, 0.05) is 10.6 Å². The average Bonchev–Trinajstić information content (AvgIpc) is 2.53.